The Bertz CT molecular complexity index is 581. The van der Waals surface area contributed by atoms with Gasteiger partial charge in [-0.25, -0.2) is 9.59 Å². The maximum Gasteiger partial charge on any atom is 0.348 e. The maximum absolute atomic E-state index is 11.6. The number of thiophene rings is 1. The Morgan fingerprint density at radius 2 is 2.13 bits per heavy atom. The van der Waals surface area contributed by atoms with Crippen molar-refractivity contribution < 1.29 is 19.1 Å². The number of ether oxygens (including phenoxy) is 1. The van der Waals surface area contributed by atoms with Crippen LogP contribution in [0.25, 0.3) is 0 Å². The van der Waals surface area contributed by atoms with Gasteiger partial charge in [0.25, 0.3) is 5.91 Å². The van der Waals surface area contributed by atoms with Crippen molar-refractivity contribution in [1.29, 1.82) is 0 Å². The lowest BCUT2D eigenvalue weighted by molar-refractivity contribution is -0.123. The minimum atomic E-state index is -0.649. The average Bonchev–Trinajstić information content (AvgIpc) is 3.08. The maximum atomic E-state index is 11.6. The molecule has 1 aromatic heterocycles. The van der Waals surface area contributed by atoms with E-state index in [0.717, 1.165) is 19.3 Å². The highest BCUT2D eigenvalue weighted by molar-refractivity contribution is 7.11. The van der Waals surface area contributed by atoms with E-state index in [1.54, 1.807) is 17.5 Å². The predicted octanol–water partition coefficient (Wildman–Crippen LogP) is 2.62. The molecule has 1 aliphatic carbocycles. The van der Waals surface area contributed by atoms with Gasteiger partial charge in [0.1, 0.15) is 4.88 Å². The third kappa shape index (κ3) is 6.23. The van der Waals surface area contributed by atoms with Gasteiger partial charge >= 0.3 is 12.0 Å². The first-order valence-electron chi connectivity index (χ1n) is 7.61. The number of rotatable bonds is 6. The standard InChI is InChI=1S/C16H20N2O4S/c19-14(11-22-15(20)13-7-4-10-23-13)18-16(21)17-9-8-12-5-2-1-3-6-12/h4-5,7,10H,1-3,6,8-9,11H2,(H2,17,18,19,21). The summed E-state index contributed by atoms with van der Waals surface area (Å²) in [4.78, 5) is 35.1. The normalized spacial score (nSPS) is 13.8. The van der Waals surface area contributed by atoms with Crippen molar-refractivity contribution in [1.82, 2.24) is 10.6 Å². The summed E-state index contributed by atoms with van der Waals surface area (Å²) in [6.45, 7) is 0.00916. The van der Waals surface area contributed by atoms with Crippen molar-refractivity contribution in [3.63, 3.8) is 0 Å². The van der Waals surface area contributed by atoms with E-state index < -0.39 is 24.5 Å². The second-order valence-corrected chi connectivity index (χ2v) is 6.16. The van der Waals surface area contributed by atoms with Gasteiger partial charge in [0.2, 0.25) is 0 Å². The highest BCUT2D eigenvalue weighted by Crippen LogP contribution is 2.19. The lowest BCUT2D eigenvalue weighted by Crippen LogP contribution is -2.41. The summed E-state index contributed by atoms with van der Waals surface area (Å²) >= 11 is 1.23. The lowest BCUT2D eigenvalue weighted by Gasteiger charge is -2.13. The van der Waals surface area contributed by atoms with Crippen molar-refractivity contribution in [3.05, 3.63) is 34.0 Å². The molecular weight excluding hydrogens is 316 g/mol. The Balaban J connectivity index is 1.59. The summed E-state index contributed by atoms with van der Waals surface area (Å²) in [5, 5.41) is 6.50. The topological polar surface area (TPSA) is 84.5 Å². The van der Waals surface area contributed by atoms with Crippen molar-refractivity contribution >= 4 is 29.2 Å². The van der Waals surface area contributed by atoms with Crippen molar-refractivity contribution in [3.8, 4) is 0 Å². The van der Waals surface area contributed by atoms with E-state index in [-0.39, 0.29) is 0 Å². The number of carbonyl (C=O) groups is 3. The van der Waals surface area contributed by atoms with Gasteiger partial charge in [-0.3, -0.25) is 10.1 Å². The summed E-state index contributed by atoms with van der Waals surface area (Å²) in [7, 11) is 0. The summed E-state index contributed by atoms with van der Waals surface area (Å²) in [6, 6.07) is 2.76. The van der Waals surface area contributed by atoms with Crippen molar-refractivity contribution in [2.24, 2.45) is 0 Å². The quantitative estimate of drug-likeness (QED) is 0.618. The second kappa shape index (κ2) is 9.09. The molecule has 0 radical (unpaired) electrons. The van der Waals surface area contributed by atoms with Gasteiger partial charge in [-0.05, 0) is 43.6 Å². The van der Waals surface area contributed by atoms with Gasteiger partial charge in [0, 0.05) is 6.54 Å². The Morgan fingerprint density at radius 1 is 1.26 bits per heavy atom. The molecule has 7 heteroatoms. The van der Waals surface area contributed by atoms with Crippen molar-refractivity contribution in [2.75, 3.05) is 13.2 Å². The molecule has 0 aromatic carbocycles. The van der Waals surface area contributed by atoms with E-state index in [2.05, 4.69) is 16.7 Å². The van der Waals surface area contributed by atoms with E-state index in [1.165, 1.54) is 29.8 Å². The number of allylic oxidation sites excluding steroid dienone is 1. The zero-order valence-corrected chi connectivity index (χ0v) is 13.6. The van der Waals surface area contributed by atoms with Crippen LogP contribution in [0.2, 0.25) is 0 Å². The van der Waals surface area contributed by atoms with Crippen LogP contribution in [-0.4, -0.2) is 31.1 Å². The Hall–Kier alpha value is -2.15. The number of imide groups is 1. The zero-order chi connectivity index (χ0) is 16.5. The fourth-order valence-corrected chi connectivity index (χ4v) is 2.89. The predicted molar refractivity (Wildman–Crippen MR) is 87.3 cm³/mol. The molecule has 0 spiro atoms. The molecule has 0 saturated carbocycles. The second-order valence-electron chi connectivity index (χ2n) is 5.22. The van der Waals surface area contributed by atoms with Gasteiger partial charge < -0.3 is 10.1 Å². The van der Waals surface area contributed by atoms with Gasteiger partial charge in [-0.15, -0.1) is 11.3 Å². The van der Waals surface area contributed by atoms with Crippen LogP contribution in [0.1, 0.15) is 41.8 Å². The summed E-state index contributed by atoms with van der Waals surface area (Å²) in [5.74, 6) is -1.22. The molecule has 23 heavy (non-hydrogen) atoms. The number of hydrogen-bond acceptors (Lipinski definition) is 5. The minimum Gasteiger partial charge on any atom is -0.451 e. The zero-order valence-electron chi connectivity index (χ0n) is 12.8. The van der Waals surface area contributed by atoms with E-state index in [0.29, 0.717) is 11.4 Å². The van der Waals surface area contributed by atoms with E-state index in [9.17, 15) is 14.4 Å². The van der Waals surface area contributed by atoms with Crippen LogP contribution < -0.4 is 10.6 Å². The molecule has 0 aliphatic heterocycles. The molecule has 1 aromatic rings. The third-order valence-electron chi connectivity index (χ3n) is 3.43. The smallest absolute Gasteiger partial charge is 0.348 e. The number of amides is 3. The molecule has 6 nitrogen and oxygen atoms in total. The molecule has 0 bridgehead atoms. The molecule has 124 valence electrons. The highest BCUT2D eigenvalue weighted by atomic mass is 32.1. The first-order valence-corrected chi connectivity index (χ1v) is 8.49. The molecular formula is C16H20N2O4S. The van der Waals surface area contributed by atoms with Crippen LogP contribution in [-0.2, 0) is 9.53 Å². The number of hydrogen-bond donors (Lipinski definition) is 2. The molecule has 3 amide bonds. The van der Waals surface area contributed by atoms with Gasteiger partial charge in [-0.1, -0.05) is 17.7 Å². The summed E-state index contributed by atoms with van der Waals surface area (Å²) in [6.07, 6.45) is 7.64. The average molecular weight is 336 g/mol. The molecule has 0 atom stereocenters. The summed E-state index contributed by atoms with van der Waals surface area (Å²) < 4.78 is 4.82. The van der Waals surface area contributed by atoms with E-state index >= 15 is 0 Å². The Labute approximate surface area is 138 Å². The highest BCUT2D eigenvalue weighted by Gasteiger charge is 2.13. The monoisotopic (exact) mass is 336 g/mol. The number of carbonyl (C=O) groups excluding carboxylic acids is 3. The molecule has 1 heterocycles. The largest absolute Gasteiger partial charge is 0.451 e. The van der Waals surface area contributed by atoms with E-state index in [4.69, 9.17) is 4.74 Å². The third-order valence-corrected chi connectivity index (χ3v) is 4.28. The first kappa shape index (κ1) is 17.2. The van der Waals surface area contributed by atoms with Gasteiger partial charge in [0.15, 0.2) is 6.61 Å². The SMILES string of the molecule is O=C(COC(=O)c1cccs1)NC(=O)NCCC1=CCCCC1. The van der Waals surface area contributed by atoms with E-state index in [1.807, 2.05) is 0 Å². The van der Waals surface area contributed by atoms with Crippen LogP contribution >= 0.6 is 11.3 Å². The molecule has 1 aliphatic rings. The minimum absolute atomic E-state index is 0.419. The van der Waals surface area contributed by atoms with Crippen LogP contribution in [0.3, 0.4) is 0 Å². The number of urea groups is 1. The van der Waals surface area contributed by atoms with Crippen molar-refractivity contribution in [2.45, 2.75) is 32.1 Å². The molecule has 2 N–H and O–H groups in total. The molecule has 0 fully saturated rings. The lowest BCUT2D eigenvalue weighted by atomic mass is 9.97. The Morgan fingerprint density at radius 3 is 2.83 bits per heavy atom. The Kier molecular flexibility index (Phi) is 6.80. The molecule has 2 rings (SSSR count). The van der Waals surface area contributed by atoms with Gasteiger partial charge in [0.05, 0.1) is 0 Å². The van der Waals surface area contributed by atoms with Crippen LogP contribution in [0.5, 0.6) is 0 Å². The fourth-order valence-electron chi connectivity index (χ4n) is 2.27. The van der Waals surface area contributed by atoms with Crippen LogP contribution in [0.4, 0.5) is 4.79 Å². The molecule has 0 unspecified atom stereocenters. The number of nitrogens with one attached hydrogen (secondary N) is 2. The fraction of sp³-hybridized carbons (Fsp3) is 0.438. The van der Waals surface area contributed by atoms with Gasteiger partial charge in [-0.2, -0.15) is 0 Å². The first-order chi connectivity index (χ1) is 11.1. The van der Waals surface area contributed by atoms with Crippen LogP contribution in [0.15, 0.2) is 29.2 Å². The number of esters is 1. The molecule has 0 saturated heterocycles. The van der Waals surface area contributed by atoms with Crippen LogP contribution in [0, 0.1) is 0 Å². The summed E-state index contributed by atoms with van der Waals surface area (Å²) in [5.41, 5.74) is 1.35.